The molecule has 2 amide bonds. The number of rotatable bonds is 6. The zero-order chi connectivity index (χ0) is 17.4. The average Bonchev–Trinajstić information content (AvgIpc) is 2.59. The van der Waals surface area contributed by atoms with E-state index in [1.807, 2.05) is 0 Å². The van der Waals surface area contributed by atoms with Crippen LogP contribution in [0, 0.1) is 0 Å². The summed E-state index contributed by atoms with van der Waals surface area (Å²) >= 11 is 0. The molecule has 0 aliphatic carbocycles. The molecule has 0 saturated heterocycles. The third kappa shape index (κ3) is 6.00. The Morgan fingerprint density at radius 3 is 1.33 bits per heavy atom. The number of hydrogen-bond acceptors (Lipinski definition) is 4. The van der Waals surface area contributed by atoms with E-state index in [1.165, 1.54) is 0 Å². The zero-order valence-electron chi connectivity index (χ0n) is 13.2. The highest BCUT2D eigenvalue weighted by Gasteiger charge is 2.06. The first-order valence-corrected chi connectivity index (χ1v) is 7.66. The fourth-order valence-corrected chi connectivity index (χ4v) is 2.11. The van der Waals surface area contributed by atoms with Crippen LogP contribution in [0.1, 0.15) is 24.0 Å². The third-order valence-corrected chi connectivity index (χ3v) is 3.50. The van der Waals surface area contributed by atoms with Crippen LogP contribution in [0.2, 0.25) is 0 Å². The Bertz CT molecular complexity index is 620. The fraction of sp³-hybridized carbons (Fsp3) is 0.222. The summed E-state index contributed by atoms with van der Waals surface area (Å²) in [6.07, 6.45) is 1.52. The molecule has 0 aromatic heterocycles. The maximum atomic E-state index is 11.7. The number of aryl methyl sites for hydroxylation is 2. The number of phenolic OH excluding ortho intramolecular Hbond substituents is 2. The zero-order valence-corrected chi connectivity index (χ0v) is 13.2. The van der Waals surface area contributed by atoms with E-state index in [-0.39, 0.29) is 36.2 Å². The summed E-state index contributed by atoms with van der Waals surface area (Å²) in [5, 5.41) is 18.4. The van der Waals surface area contributed by atoms with Gasteiger partial charge in [-0.3, -0.25) is 20.4 Å². The van der Waals surface area contributed by atoms with Gasteiger partial charge in [-0.25, -0.2) is 0 Å². The van der Waals surface area contributed by atoms with Crippen LogP contribution in [0.25, 0.3) is 0 Å². The number of benzene rings is 2. The van der Waals surface area contributed by atoms with E-state index in [2.05, 4.69) is 10.9 Å². The van der Waals surface area contributed by atoms with Crippen LogP contribution in [0.4, 0.5) is 0 Å². The quantitative estimate of drug-likeness (QED) is 0.608. The van der Waals surface area contributed by atoms with Gasteiger partial charge in [0.25, 0.3) is 0 Å². The molecule has 6 heteroatoms. The normalized spacial score (nSPS) is 10.2. The molecule has 0 atom stereocenters. The highest BCUT2D eigenvalue weighted by atomic mass is 16.3. The number of carbonyl (C=O) groups excluding carboxylic acids is 2. The van der Waals surface area contributed by atoms with Crippen molar-refractivity contribution in [3.05, 3.63) is 59.7 Å². The predicted octanol–water partition coefficient (Wildman–Crippen LogP) is 1.81. The number of carbonyl (C=O) groups is 2. The van der Waals surface area contributed by atoms with Gasteiger partial charge >= 0.3 is 0 Å². The van der Waals surface area contributed by atoms with E-state index in [1.54, 1.807) is 48.5 Å². The van der Waals surface area contributed by atoms with Gasteiger partial charge in [-0.1, -0.05) is 24.3 Å². The van der Waals surface area contributed by atoms with Crippen LogP contribution in [-0.2, 0) is 22.4 Å². The van der Waals surface area contributed by atoms with Crippen molar-refractivity contribution in [3.8, 4) is 11.5 Å². The standard InChI is InChI=1S/C18H20N2O4/c21-15-7-1-13(2-8-15)5-11-17(23)19-20-18(24)12-6-14-3-9-16(22)10-4-14/h1-4,7-10,21-22H,5-6,11-12H2,(H,19,23)(H,20,24). The second-order valence-electron chi connectivity index (χ2n) is 5.43. The maximum absolute atomic E-state index is 11.7. The Kier molecular flexibility index (Phi) is 6.19. The smallest absolute Gasteiger partial charge is 0.238 e. The van der Waals surface area contributed by atoms with Gasteiger partial charge in [0.15, 0.2) is 0 Å². The van der Waals surface area contributed by atoms with Gasteiger partial charge < -0.3 is 10.2 Å². The van der Waals surface area contributed by atoms with Crippen molar-refractivity contribution in [3.63, 3.8) is 0 Å². The summed E-state index contributed by atoms with van der Waals surface area (Å²) in [6.45, 7) is 0. The lowest BCUT2D eigenvalue weighted by atomic mass is 10.1. The molecule has 0 unspecified atom stereocenters. The Morgan fingerprint density at radius 1 is 0.667 bits per heavy atom. The number of hydrogen-bond donors (Lipinski definition) is 4. The molecular formula is C18H20N2O4. The van der Waals surface area contributed by atoms with E-state index in [9.17, 15) is 19.8 Å². The van der Waals surface area contributed by atoms with Gasteiger partial charge in [-0.05, 0) is 48.2 Å². The highest BCUT2D eigenvalue weighted by molar-refractivity contribution is 5.82. The minimum absolute atomic E-state index is 0.184. The summed E-state index contributed by atoms with van der Waals surface area (Å²) in [5.41, 5.74) is 6.63. The first kappa shape index (κ1) is 17.3. The average molecular weight is 328 g/mol. The Balaban J connectivity index is 1.64. The highest BCUT2D eigenvalue weighted by Crippen LogP contribution is 2.11. The van der Waals surface area contributed by atoms with Crippen molar-refractivity contribution in [1.82, 2.24) is 10.9 Å². The molecule has 0 spiro atoms. The molecule has 2 aromatic carbocycles. The van der Waals surface area contributed by atoms with E-state index >= 15 is 0 Å². The van der Waals surface area contributed by atoms with Gasteiger partial charge in [-0.15, -0.1) is 0 Å². The summed E-state index contributed by atoms with van der Waals surface area (Å²) in [7, 11) is 0. The molecule has 0 saturated carbocycles. The largest absolute Gasteiger partial charge is 0.508 e. The lowest BCUT2D eigenvalue weighted by molar-refractivity contribution is -0.128. The molecule has 0 heterocycles. The first-order chi connectivity index (χ1) is 11.5. The maximum Gasteiger partial charge on any atom is 0.238 e. The fourth-order valence-electron chi connectivity index (χ4n) is 2.11. The van der Waals surface area contributed by atoms with Crippen molar-refractivity contribution in [2.45, 2.75) is 25.7 Å². The first-order valence-electron chi connectivity index (χ1n) is 7.66. The molecule has 4 N–H and O–H groups in total. The van der Waals surface area contributed by atoms with Crippen molar-refractivity contribution in [2.75, 3.05) is 0 Å². The third-order valence-electron chi connectivity index (χ3n) is 3.50. The van der Waals surface area contributed by atoms with E-state index in [0.717, 1.165) is 11.1 Å². The van der Waals surface area contributed by atoms with Crippen molar-refractivity contribution in [1.29, 1.82) is 0 Å². The molecule has 126 valence electrons. The molecule has 24 heavy (non-hydrogen) atoms. The molecule has 2 aromatic rings. The number of hydrazine groups is 1. The topological polar surface area (TPSA) is 98.7 Å². The van der Waals surface area contributed by atoms with Gasteiger partial charge in [0.1, 0.15) is 11.5 Å². The van der Waals surface area contributed by atoms with Crippen molar-refractivity contribution in [2.24, 2.45) is 0 Å². The number of phenols is 2. The molecule has 2 rings (SSSR count). The molecule has 6 nitrogen and oxygen atoms in total. The second kappa shape index (κ2) is 8.57. The lowest BCUT2D eigenvalue weighted by Crippen LogP contribution is -2.41. The van der Waals surface area contributed by atoms with Gasteiger partial charge in [0.2, 0.25) is 11.8 Å². The monoisotopic (exact) mass is 328 g/mol. The minimum atomic E-state index is -0.277. The number of amides is 2. The Morgan fingerprint density at radius 2 is 1.00 bits per heavy atom. The lowest BCUT2D eigenvalue weighted by Gasteiger charge is -2.08. The molecule has 0 bridgehead atoms. The molecule has 0 aliphatic rings. The van der Waals surface area contributed by atoms with Crippen LogP contribution in [0.3, 0.4) is 0 Å². The van der Waals surface area contributed by atoms with E-state index in [0.29, 0.717) is 12.8 Å². The summed E-state index contributed by atoms with van der Waals surface area (Å²) in [4.78, 5) is 23.4. The van der Waals surface area contributed by atoms with Crippen molar-refractivity contribution < 1.29 is 19.8 Å². The Labute approximate surface area is 140 Å². The van der Waals surface area contributed by atoms with Crippen LogP contribution in [0.15, 0.2) is 48.5 Å². The van der Waals surface area contributed by atoms with Crippen molar-refractivity contribution >= 4 is 11.8 Å². The molecule has 0 fully saturated rings. The number of nitrogens with one attached hydrogen (secondary N) is 2. The molecule has 0 aliphatic heterocycles. The minimum Gasteiger partial charge on any atom is -0.508 e. The van der Waals surface area contributed by atoms with Gasteiger partial charge in [0.05, 0.1) is 0 Å². The Hall–Kier alpha value is -3.02. The van der Waals surface area contributed by atoms with Gasteiger partial charge in [0, 0.05) is 12.8 Å². The van der Waals surface area contributed by atoms with Crippen LogP contribution in [0.5, 0.6) is 11.5 Å². The molecule has 0 radical (unpaired) electrons. The SMILES string of the molecule is O=C(CCc1ccc(O)cc1)NNC(=O)CCc1ccc(O)cc1. The summed E-state index contributed by atoms with van der Waals surface area (Å²) in [5.74, 6) is -0.185. The molecular weight excluding hydrogens is 308 g/mol. The number of aromatic hydroxyl groups is 2. The summed E-state index contributed by atoms with van der Waals surface area (Å²) < 4.78 is 0. The van der Waals surface area contributed by atoms with Crippen LogP contribution >= 0.6 is 0 Å². The summed E-state index contributed by atoms with van der Waals surface area (Å²) in [6, 6.07) is 13.3. The van der Waals surface area contributed by atoms with Crippen LogP contribution in [-0.4, -0.2) is 22.0 Å². The van der Waals surface area contributed by atoms with Crippen LogP contribution < -0.4 is 10.9 Å². The van der Waals surface area contributed by atoms with E-state index < -0.39 is 0 Å². The second-order valence-corrected chi connectivity index (χ2v) is 5.43. The predicted molar refractivity (Wildman–Crippen MR) is 89.1 cm³/mol. The van der Waals surface area contributed by atoms with E-state index in [4.69, 9.17) is 0 Å². The van der Waals surface area contributed by atoms with Gasteiger partial charge in [-0.2, -0.15) is 0 Å².